The van der Waals surface area contributed by atoms with Crippen molar-refractivity contribution < 1.29 is 13.9 Å². The predicted octanol–water partition coefficient (Wildman–Crippen LogP) is 3.83. The van der Waals surface area contributed by atoms with E-state index >= 15 is 0 Å². The Bertz CT molecular complexity index is 1180. The standard InChI is InChI=1S/C23H25N5O3/c1-14-18(19-20(27-23(2)8-9-23)25-13-26-21(19)31-14)22(29)28-10-6-15(7-11-28)17-5-4-16(30-3)12-24-17/h4-6,12-13H,7-11H2,1-3H3,(H,25,26,27). The molecule has 3 aromatic rings. The van der Waals surface area contributed by atoms with Crippen molar-refractivity contribution in [1.29, 1.82) is 0 Å². The number of carbonyl (C=O) groups excluding carboxylic acids is 1. The highest BCUT2D eigenvalue weighted by Gasteiger charge is 2.39. The number of methoxy groups -OCH3 is 1. The number of hydrogen-bond acceptors (Lipinski definition) is 7. The molecule has 0 saturated heterocycles. The second kappa shape index (κ2) is 7.37. The maximum atomic E-state index is 13.5. The summed E-state index contributed by atoms with van der Waals surface area (Å²) in [6.07, 6.45) is 8.15. The van der Waals surface area contributed by atoms with Gasteiger partial charge in [-0.05, 0) is 50.8 Å². The van der Waals surface area contributed by atoms with Crippen molar-refractivity contribution in [3.8, 4) is 5.75 Å². The fourth-order valence-corrected chi connectivity index (χ4v) is 3.93. The first kappa shape index (κ1) is 19.5. The van der Waals surface area contributed by atoms with Crippen LogP contribution in [-0.2, 0) is 0 Å². The van der Waals surface area contributed by atoms with Crippen LogP contribution in [0.1, 0.15) is 48.0 Å². The molecule has 0 aromatic carbocycles. The third-order valence-corrected chi connectivity index (χ3v) is 6.10. The lowest BCUT2D eigenvalue weighted by Gasteiger charge is -2.26. The number of pyridine rings is 1. The molecular formula is C23H25N5O3. The molecule has 1 aliphatic heterocycles. The number of anilines is 1. The average molecular weight is 419 g/mol. The van der Waals surface area contributed by atoms with Gasteiger partial charge < -0.3 is 19.4 Å². The zero-order chi connectivity index (χ0) is 21.6. The summed E-state index contributed by atoms with van der Waals surface area (Å²) in [6, 6.07) is 3.85. The number of nitrogens with one attached hydrogen (secondary N) is 1. The van der Waals surface area contributed by atoms with Crippen molar-refractivity contribution in [3.63, 3.8) is 0 Å². The van der Waals surface area contributed by atoms with Gasteiger partial charge in [0.05, 0.1) is 30.0 Å². The van der Waals surface area contributed by atoms with E-state index in [-0.39, 0.29) is 11.4 Å². The number of ether oxygens (including phenoxy) is 1. The Morgan fingerprint density at radius 1 is 1.26 bits per heavy atom. The van der Waals surface area contributed by atoms with Gasteiger partial charge in [0.1, 0.15) is 23.7 Å². The van der Waals surface area contributed by atoms with Crippen molar-refractivity contribution in [2.24, 2.45) is 0 Å². The lowest BCUT2D eigenvalue weighted by atomic mass is 10.0. The van der Waals surface area contributed by atoms with Crippen LogP contribution in [0.2, 0.25) is 0 Å². The number of furan rings is 1. The molecule has 160 valence electrons. The van der Waals surface area contributed by atoms with Crippen molar-refractivity contribution in [3.05, 3.63) is 47.8 Å². The number of rotatable bonds is 5. The molecule has 0 radical (unpaired) electrons. The highest BCUT2D eigenvalue weighted by Crippen LogP contribution is 2.40. The van der Waals surface area contributed by atoms with E-state index in [1.54, 1.807) is 13.3 Å². The van der Waals surface area contributed by atoms with Crippen LogP contribution in [0, 0.1) is 6.92 Å². The molecule has 0 unspecified atom stereocenters. The van der Waals surface area contributed by atoms with E-state index in [4.69, 9.17) is 9.15 Å². The van der Waals surface area contributed by atoms with Gasteiger partial charge >= 0.3 is 0 Å². The Morgan fingerprint density at radius 3 is 2.74 bits per heavy atom. The maximum absolute atomic E-state index is 13.5. The number of aromatic nitrogens is 3. The molecular weight excluding hydrogens is 394 g/mol. The second-order valence-electron chi connectivity index (χ2n) is 8.44. The van der Waals surface area contributed by atoms with Crippen molar-refractivity contribution in [2.45, 2.75) is 38.6 Å². The molecule has 1 N–H and O–H groups in total. The molecule has 1 saturated carbocycles. The smallest absolute Gasteiger partial charge is 0.258 e. The second-order valence-corrected chi connectivity index (χ2v) is 8.44. The number of aryl methyl sites for hydroxylation is 1. The fraction of sp³-hybridized carbons (Fsp3) is 0.391. The molecule has 4 heterocycles. The molecule has 1 aliphatic carbocycles. The minimum absolute atomic E-state index is 0.0287. The van der Waals surface area contributed by atoms with Gasteiger partial charge in [-0.1, -0.05) is 6.08 Å². The molecule has 5 rings (SSSR count). The summed E-state index contributed by atoms with van der Waals surface area (Å²) in [6.45, 7) is 5.09. The zero-order valence-electron chi connectivity index (χ0n) is 17.9. The highest BCUT2D eigenvalue weighted by molar-refractivity contribution is 6.10. The van der Waals surface area contributed by atoms with Gasteiger partial charge in [0, 0.05) is 18.6 Å². The summed E-state index contributed by atoms with van der Waals surface area (Å²) >= 11 is 0. The van der Waals surface area contributed by atoms with Gasteiger partial charge in [-0.15, -0.1) is 0 Å². The lowest BCUT2D eigenvalue weighted by molar-refractivity contribution is 0.0772. The van der Waals surface area contributed by atoms with E-state index in [0.717, 1.165) is 36.3 Å². The summed E-state index contributed by atoms with van der Waals surface area (Å²) in [5, 5.41) is 4.14. The number of amides is 1. The molecule has 3 aromatic heterocycles. The Morgan fingerprint density at radius 2 is 2.10 bits per heavy atom. The zero-order valence-corrected chi connectivity index (χ0v) is 17.9. The molecule has 1 fully saturated rings. The van der Waals surface area contributed by atoms with Crippen molar-refractivity contribution >= 4 is 28.4 Å². The first-order valence-electron chi connectivity index (χ1n) is 10.5. The monoisotopic (exact) mass is 419 g/mol. The SMILES string of the molecule is COc1ccc(C2=CCN(C(=O)c3c(C)oc4ncnc(NC5(C)CC5)c34)CC2)nc1. The molecule has 0 spiro atoms. The average Bonchev–Trinajstić information content (AvgIpc) is 3.41. The summed E-state index contributed by atoms with van der Waals surface area (Å²) in [5.41, 5.74) is 3.06. The van der Waals surface area contributed by atoms with Crippen LogP contribution in [0.15, 0.2) is 35.2 Å². The highest BCUT2D eigenvalue weighted by atomic mass is 16.5. The van der Waals surface area contributed by atoms with Gasteiger partial charge in [0.2, 0.25) is 5.71 Å². The van der Waals surface area contributed by atoms with Gasteiger partial charge in [-0.25, -0.2) is 9.97 Å². The minimum atomic E-state index is -0.0620. The van der Waals surface area contributed by atoms with E-state index < -0.39 is 0 Å². The molecule has 31 heavy (non-hydrogen) atoms. The van der Waals surface area contributed by atoms with Gasteiger partial charge in [0.15, 0.2) is 0 Å². The van der Waals surface area contributed by atoms with Crippen molar-refractivity contribution in [1.82, 2.24) is 19.9 Å². The van der Waals surface area contributed by atoms with Crippen LogP contribution in [-0.4, -0.2) is 51.5 Å². The van der Waals surface area contributed by atoms with E-state index in [1.807, 2.05) is 24.0 Å². The quantitative estimate of drug-likeness (QED) is 0.672. The lowest BCUT2D eigenvalue weighted by Crippen LogP contribution is -2.35. The fourth-order valence-electron chi connectivity index (χ4n) is 3.93. The summed E-state index contributed by atoms with van der Waals surface area (Å²) in [7, 11) is 1.62. The molecule has 1 amide bonds. The Labute approximate surface area is 180 Å². The van der Waals surface area contributed by atoms with Crippen LogP contribution in [0.5, 0.6) is 5.75 Å². The third-order valence-electron chi connectivity index (χ3n) is 6.10. The summed E-state index contributed by atoms with van der Waals surface area (Å²) < 4.78 is 11.0. The number of carbonyl (C=O) groups is 1. The minimum Gasteiger partial charge on any atom is -0.495 e. The van der Waals surface area contributed by atoms with Gasteiger partial charge in [0.25, 0.3) is 5.91 Å². The maximum Gasteiger partial charge on any atom is 0.258 e. The van der Waals surface area contributed by atoms with Gasteiger partial charge in [-0.3, -0.25) is 9.78 Å². The van der Waals surface area contributed by atoms with Crippen LogP contribution in [0.3, 0.4) is 0 Å². The topological polar surface area (TPSA) is 93.4 Å². The van der Waals surface area contributed by atoms with E-state index in [1.165, 1.54) is 6.33 Å². The number of nitrogens with zero attached hydrogens (tertiary/aromatic N) is 4. The molecule has 0 bridgehead atoms. The normalized spacial score (nSPS) is 17.4. The van der Waals surface area contributed by atoms with E-state index in [9.17, 15) is 4.79 Å². The predicted molar refractivity (Wildman–Crippen MR) is 117 cm³/mol. The Balaban J connectivity index is 1.41. The van der Waals surface area contributed by atoms with Crippen LogP contribution in [0.4, 0.5) is 5.82 Å². The van der Waals surface area contributed by atoms with Crippen molar-refractivity contribution in [2.75, 3.05) is 25.5 Å². The summed E-state index contributed by atoms with van der Waals surface area (Å²) in [4.78, 5) is 28.4. The first-order chi connectivity index (χ1) is 15.0. The molecule has 0 atom stereocenters. The van der Waals surface area contributed by atoms with Crippen LogP contribution in [0.25, 0.3) is 16.7 Å². The van der Waals surface area contributed by atoms with Gasteiger partial charge in [-0.2, -0.15) is 0 Å². The van der Waals surface area contributed by atoms with E-state index in [0.29, 0.717) is 41.3 Å². The number of hydrogen-bond donors (Lipinski definition) is 1. The molecule has 8 nitrogen and oxygen atoms in total. The molecule has 8 heteroatoms. The Kier molecular flexibility index (Phi) is 4.64. The van der Waals surface area contributed by atoms with Crippen LogP contribution >= 0.6 is 0 Å². The number of fused-ring (bicyclic) bond motifs is 1. The molecule has 2 aliphatic rings. The van der Waals surface area contributed by atoms with E-state index in [2.05, 4.69) is 33.3 Å². The third kappa shape index (κ3) is 3.62. The first-order valence-corrected chi connectivity index (χ1v) is 10.5. The summed E-state index contributed by atoms with van der Waals surface area (Å²) in [5.74, 6) is 1.90. The Hall–Kier alpha value is -3.42. The largest absolute Gasteiger partial charge is 0.495 e. The van der Waals surface area contributed by atoms with Crippen LogP contribution < -0.4 is 10.1 Å².